The Morgan fingerprint density at radius 2 is 0.672 bits per heavy atom. The number of nitrogens with zero attached hydrogens (tertiary/aromatic N) is 1. The molecule has 0 atom stereocenters. The van der Waals surface area contributed by atoms with Gasteiger partial charge in [0, 0.05) is 33.3 Å². The van der Waals surface area contributed by atoms with Gasteiger partial charge in [-0.2, -0.15) is 0 Å². The fraction of sp³-hybridized carbons (Fsp3) is 0.158. The highest BCUT2D eigenvalue weighted by molar-refractivity contribution is 5.89. The molecule has 0 aromatic heterocycles. The molecule has 8 aromatic carbocycles. The molecule has 1 heteroatoms. The summed E-state index contributed by atoms with van der Waals surface area (Å²) in [6, 6.07) is 71.2. The minimum atomic E-state index is -0.0933. The van der Waals surface area contributed by atoms with E-state index in [0.29, 0.717) is 0 Å². The molecule has 2 spiro atoms. The maximum atomic E-state index is 2.57. The SMILES string of the molecule is CC1(C)c2ccccc2-c2ccc(N(c3ccc(-c4ccccc4)cc3)c3ccc4c(c3)C3(CCC5(CC3)c3ccccc3-c3ccccc35)c3ccccc3-4)cc21. The Bertz CT molecular complexity index is 2880. The average molecular weight is 744 g/mol. The van der Waals surface area contributed by atoms with Crippen LogP contribution in [0.15, 0.2) is 188 Å². The molecule has 4 aliphatic carbocycles. The first-order valence-corrected chi connectivity index (χ1v) is 21.1. The number of fused-ring (bicyclic) bond motifs is 13. The second kappa shape index (κ2) is 12.3. The normalized spacial score (nSPS) is 16.6. The van der Waals surface area contributed by atoms with Crippen LogP contribution < -0.4 is 4.90 Å². The Balaban J connectivity index is 1.00. The number of rotatable bonds is 4. The van der Waals surface area contributed by atoms with Crippen molar-refractivity contribution in [2.24, 2.45) is 0 Å². The Morgan fingerprint density at radius 1 is 0.310 bits per heavy atom. The van der Waals surface area contributed by atoms with Gasteiger partial charge in [0.2, 0.25) is 0 Å². The molecule has 1 fully saturated rings. The van der Waals surface area contributed by atoms with E-state index in [0.717, 1.165) is 25.7 Å². The zero-order valence-electron chi connectivity index (χ0n) is 33.2. The molecule has 0 radical (unpaired) electrons. The standard InChI is InChI=1S/C57H45N/c1-55(2)49-20-10-6-16-43(49)47-30-28-41(36-53(47)55)58(40-26-24-39(25-27-40)38-14-4-3-5-15-38)42-29-31-48-46-19-9-13-23-52(46)57(54(48)37-42)34-32-56(33-35-57)50-21-11-7-17-44(50)45-18-8-12-22-51(45)56/h3-31,36-37H,32-35H2,1-2H3. The lowest BCUT2D eigenvalue weighted by atomic mass is 9.57. The van der Waals surface area contributed by atoms with Gasteiger partial charge >= 0.3 is 0 Å². The van der Waals surface area contributed by atoms with Gasteiger partial charge in [-0.05, 0) is 140 Å². The van der Waals surface area contributed by atoms with Crippen LogP contribution in [0, 0.1) is 0 Å². The minimum absolute atomic E-state index is 0.0507. The van der Waals surface area contributed by atoms with E-state index in [1.807, 2.05) is 0 Å². The van der Waals surface area contributed by atoms with Crippen LogP contribution in [0.25, 0.3) is 44.5 Å². The maximum absolute atomic E-state index is 2.57. The fourth-order valence-corrected chi connectivity index (χ4v) is 11.9. The zero-order valence-corrected chi connectivity index (χ0v) is 33.2. The van der Waals surface area contributed by atoms with Crippen LogP contribution in [0.5, 0.6) is 0 Å². The largest absolute Gasteiger partial charge is 0.310 e. The van der Waals surface area contributed by atoms with E-state index in [1.165, 1.54) is 95.0 Å². The van der Waals surface area contributed by atoms with Crippen molar-refractivity contribution in [1.82, 2.24) is 0 Å². The lowest BCUT2D eigenvalue weighted by Crippen LogP contribution is -2.39. The van der Waals surface area contributed by atoms with E-state index >= 15 is 0 Å². The summed E-state index contributed by atoms with van der Waals surface area (Å²) in [4.78, 5) is 2.51. The third kappa shape index (κ3) is 4.59. The summed E-state index contributed by atoms with van der Waals surface area (Å²) in [5, 5.41) is 0. The maximum Gasteiger partial charge on any atom is 0.0465 e. The van der Waals surface area contributed by atoms with Crippen LogP contribution in [0.1, 0.15) is 72.9 Å². The molecule has 0 bridgehead atoms. The van der Waals surface area contributed by atoms with Crippen molar-refractivity contribution in [3.63, 3.8) is 0 Å². The molecule has 58 heavy (non-hydrogen) atoms. The van der Waals surface area contributed by atoms with Crippen molar-refractivity contribution < 1.29 is 0 Å². The van der Waals surface area contributed by atoms with Crippen molar-refractivity contribution in [2.75, 3.05) is 4.90 Å². The highest BCUT2D eigenvalue weighted by Crippen LogP contribution is 2.64. The summed E-state index contributed by atoms with van der Waals surface area (Å²) < 4.78 is 0. The molecular formula is C57H45N. The van der Waals surface area contributed by atoms with Gasteiger partial charge < -0.3 is 4.90 Å². The van der Waals surface area contributed by atoms with E-state index < -0.39 is 0 Å². The molecular weight excluding hydrogens is 699 g/mol. The number of anilines is 3. The summed E-state index contributed by atoms with van der Waals surface area (Å²) in [7, 11) is 0. The van der Waals surface area contributed by atoms with Crippen LogP contribution in [-0.2, 0) is 16.2 Å². The second-order valence-corrected chi connectivity index (χ2v) is 17.7. The Kier molecular flexibility index (Phi) is 7.13. The number of hydrogen-bond donors (Lipinski definition) is 0. The third-order valence-corrected chi connectivity index (χ3v) is 14.7. The summed E-state index contributed by atoms with van der Waals surface area (Å²) in [5.41, 5.74) is 23.1. The molecule has 278 valence electrons. The molecule has 12 rings (SSSR count). The van der Waals surface area contributed by atoms with E-state index in [4.69, 9.17) is 0 Å². The van der Waals surface area contributed by atoms with Gasteiger partial charge in [0.1, 0.15) is 0 Å². The van der Waals surface area contributed by atoms with Crippen molar-refractivity contribution >= 4 is 17.1 Å². The van der Waals surface area contributed by atoms with Gasteiger partial charge in [-0.1, -0.05) is 166 Å². The van der Waals surface area contributed by atoms with Crippen LogP contribution >= 0.6 is 0 Å². The van der Waals surface area contributed by atoms with Gasteiger partial charge in [-0.3, -0.25) is 0 Å². The minimum Gasteiger partial charge on any atom is -0.310 e. The highest BCUT2D eigenvalue weighted by Gasteiger charge is 2.53. The van der Waals surface area contributed by atoms with Crippen molar-refractivity contribution in [3.8, 4) is 44.5 Å². The molecule has 0 heterocycles. The topological polar surface area (TPSA) is 3.24 Å². The molecule has 0 saturated heterocycles. The summed E-state index contributed by atoms with van der Waals surface area (Å²) in [6.45, 7) is 4.77. The average Bonchev–Trinajstić information content (AvgIpc) is 3.81. The molecule has 1 nitrogen and oxygen atoms in total. The van der Waals surface area contributed by atoms with Crippen LogP contribution in [0.3, 0.4) is 0 Å². The molecule has 0 amide bonds. The lowest BCUT2D eigenvalue weighted by Gasteiger charge is -2.45. The first-order chi connectivity index (χ1) is 28.5. The van der Waals surface area contributed by atoms with Crippen LogP contribution in [-0.4, -0.2) is 0 Å². The molecule has 4 aliphatic rings. The van der Waals surface area contributed by atoms with E-state index in [-0.39, 0.29) is 16.2 Å². The quantitative estimate of drug-likeness (QED) is 0.173. The first kappa shape index (κ1) is 33.7. The Labute approximate surface area is 342 Å². The predicted molar refractivity (Wildman–Crippen MR) is 241 cm³/mol. The number of benzene rings is 8. The van der Waals surface area contributed by atoms with E-state index in [1.54, 1.807) is 0 Å². The molecule has 1 saturated carbocycles. The van der Waals surface area contributed by atoms with Crippen molar-refractivity contribution in [1.29, 1.82) is 0 Å². The summed E-state index contributed by atoms with van der Waals surface area (Å²) in [5.74, 6) is 0. The first-order valence-electron chi connectivity index (χ1n) is 21.1. The lowest BCUT2D eigenvalue weighted by molar-refractivity contribution is 0.265. The van der Waals surface area contributed by atoms with Gasteiger partial charge in [0.05, 0.1) is 0 Å². The summed E-state index contributed by atoms with van der Waals surface area (Å²) >= 11 is 0. The van der Waals surface area contributed by atoms with Crippen LogP contribution in [0.2, 0.25) is 0 Å². The second-order valence-electron chi connectivity index (χ2n) is 17.7. The Morgan fingerprint density at radius 3 is 1.21 bits per heavy atom. The monoisotopic (exact) mass is 743 g/mol. The number of hydrogen-bond acceptors (Lipinski definition) is 1. The fourth-order valence-electron chi connectivity index (χ4n) is 11.9. The molecule has 0 N–H and O–H groups in total. The predicted octanol–water partition coefficient (Wildman–Crippen LogP) is 14.9. The molecule has 8 aromatic rings. The third-order valence-electron chi connectivity index (χ3n) is 14.7. The highest BCUT2D eigenvalue weighted by atomic mass is 15.1. The Hall–Kier alpha value is -6.44. The van der Waals surface area contributed by atoms with Gasteiger partial charge in [-0.25, -0.2) is 0 Å². The van der Waals surface area contributed by atoms with Gasteiger partial charge in [-0.15, -0.1) is 0 Å². The van der Waals surface area contributed by atoms with Gasteiger partial charge in [0.25, 0.3) is 0 Å². The van der Waals surface area contributed by atoms with E-state index in [2.05, 4.69) is 207 Å². The summed E-state index contributed by atoms with van der Waals surface area (Å²) in [6.07, 6.45) is 4.48. The smallest absolute Gasteiger partial charge is 0.0465 e. The van der Waals surface area contributed by atoms with Crippen molar-refractivity contribution in [3.05, 3.63) is 221 Å². The zero-order chi connectivity index (χ0) is 38.6. The van der Waals surface area contributed by atoms with Gasteiger partial charge in [0.15, 0.2) is 0 Å². The molecule has 0 aliphatic heterocycles. The van der Waals surface area contributed by atoms with E-state index in [9.17, 15) is 0 Å². The van der Waals surface area contributed by atoms with Crippen LogP contribution in [0.4, 0.5) is 17.1 Å². The van der Waals surface area contributed by atoms with Crippen molar-refractivity contribution in [2.45, 2.75) is 55.8 Å². The molecule has 0 unspecified atom stereocenters.